The van der Waals surface area contributed by atoms with E-state index in [1.807, 2.05) is 0 Å². The van der Waals surface area contributed by atoms with Crippen molar-refractivity contribution in [3.05, 3.63) is 41.4 Å². The second kappa shape index (κ2) is 4.94. The van der Waals surface area contributed by atoms with E-state index in [9.17, 15) is 4.39 Å². The van der Waals surface area contributed by atoms with Crippen molar-refractivity contribution in [3.63, 3.8) is 0 Å². The van der Waals surface area contributed by atoms with Crippen LogP contribution in [-0.2, 0) is 0 Å². The minimum absolute atomic E-state index is 0.0285. The molecule has 0 atom stereocenters. The number of hydrazine groups is 1. The maximum Gasteiger partial charge on any atom is 0.239 e. The molecule has 3 N–H and O–H groups in total. The van der Waals surface area contributed by atoms with Crippen molar-refractivity contribution in [1.82, 2.24) is 9.97 Å². The van der Waals surface area contributed by atoms with Gasteiger partial charge in [-0.1, -0.05) is 11.6 Å². The fraction of sp³-hybridized carbons (Fsp3) is 0. The number of hydrogen-bond acceptors (Lipinski definition) is 5. The lowest BCUT2D eigenvalue weighted by molar-refractivity contribution is 0.456. The Labute approximate surface area is 101 Å². The zero-order valence-corrected chi connectivity index (χ0v) is 9.28. The summed E-state index contributed by atoms with van der Waals surface area (Å²) in [4.78, 5) is 7.80. The summed E-state index contributed by atoms with van der Waals surface area (Å²) >= 11 is 5.55. The third-order valence-electron chi connectivity index (χ3n) is 1.87. The van der Waals surface area contributed by atoms with Gasteiger partial charge in [0.2, 0.25) is 5.88 Å². The van der Waals surface area contributed by atoms with Crippen LogP contribution in [0.1, 0.15) is 0 Å². The van der Waals surface area contributed by atoms with E-state index in [2.05, 4.69) is 15.4 Å². The molecule has 5 nitrogen and oxygen atoms in total. The summed E-state index contributed by atoms with van der Waals surface area (Å²) in [5.74, 6) is 5.42. The molecule has 0 spiro atoms. The van der Waals surface area contributed by atoms with Crippen molar-refractivity contribution in [2.24, 2.45) is 5.84 Å². The monoisotopic (exact) mass is 254 g/mol. The molecule has 0 fully saturated rings. The van der Waals surface area contributed by atoms with Crippen LogP contribution in [0.5, 0.6) is 11.6 Å². The second-order valence-corrected chi connectivity index (χ2v) is 3.47. The highest BCUT2D eigenvalue weighted by molar-refractivity contribution is 6.30. The predicted octanol–water partition coefficient (Wildman–Crippen LogP) is 2.35. The zero-order valence-electron chi connectivity index (χ0n) is 8.52. The van der Waals surface area contributed by atoms with Crippen LogP contribution in [0.3, 0.4) is 0 Å². The van der Waals surface area contributed by atoms with Gasteiger partial charge >= 0.3 is 0 Å². The molecule has 7 heteroatoms. The summed E-state index contributed by atoms with van der Waals surface area (Å²) < 4.78 is 18.4. The Morgan fingerprint density at radius 3 is 2.88 bits per heavy atom. The van der Waals surface area contributed by atoms with Crippen molar-refractivity contribution in [1.29, 1.82) is 0 Å². The Morgan fingerprint density at radius 1 is 1.35 bits per heavy atom. The number of hydrogen-bond donors (Lipinski definition) is 2. The van der Waals surface area contributed by atoms with Crippen molar-refractivity contribution >= 4 is 17.4 Å². The van der Waals surface area contributed by atoms with Gasteiger partial charge in [-0.15, -0.1) is 0 Å². The Hall–Kier alpha value is -1.92. The number of rotatable bonds is 3. The number of ether oxygens (including phenoxy) is 1. The van der Waals surface area contributed by atoms with E-state index in [-0.39, 0.29) is 16.7 Å². The van der Waals surface area contributed by atoms with Gasteiger partial charge in [0.05, 0.1) is 17.4 Å². The molecule has 0 unspecified atom stereocenters. The molecule has 2 aromatic rings. The van der Waals surface area contributed by atoms with E-state index in [1.54, 1.807) is 0 Å². The fourth-order valence-electron chi connectivity index (χ4n) is 1.13. The summed E-state index contributed by atoms with van der Waals surface area (Å²) in [6.45, 7) is 0. The lowest BCUT2D eigenvalue weighted by atomic mass is 10.3. The van der Waals surface area contributed by atoms with Crippen LogP contribution in [0.2, 0.25) is 5.02 Å². The highest BCUT2D eigenvalue weighted by atomic mass is 35.5. The maximum atomic E-state index is 13.1. The molecule has 88 valence electrons. The number of nitrogen functional groups attached to an aromatic ring is 1. The van der Waals surface area contributed by atoms with Gasteiger partial charge in [0.1, 0.15) is 11.6 Å². The van der Waals surface area contributed by atoms with Gasteiger partial charge in [-0.2, -0.15) is 4.98 Å². The minimum atomic E-state index is -0.565. The van der Waals surface area contributed by atoms with Gasteiger partial charge in [-0.25, -0.2) is 10.2 Å². The number of benzene rings is 1. The number of aromatic nitrogens is 2. The SMILES string of the molecule is NNc1cncc(Oc2ccc(Cl)c(F)c2)n1. The van der Waals surface area contributed by atoms with E-state index in [4.69, 9.17) is 22.2 Å². The summed E-state index contributed by atoms with van der Waals surface area (Å²) in [5, 5.41) is 0.0285. The molecule has 0 amide bonds. The van der Waals surface area contributed by atoms with Crippen LogP contribution in [-0.4, -0.2) is 9.97 Å². The summed E-state index contributed by atoms with van der Waals surface area (Å²) in [7, 11) is 0. The number of nitrogens with one attached hydrogen (secondary N) is 1. The molecular weight excluding hydrogens is 247 g/mol. The number of nitrogens with two attached hydrogens (primary N) is 1. The van der Waals surface area contributed by atoms with Gasteiger partial charge in [-0.3, -0.25) is 4.98 Å². The van der Waals surface area contributed by atoms with Crippen LogP contribution < -0.4 is 16.0 Å². The number of nitrogens with zero attached hydrogens (tertiary/aromatic N) is 2. The second-order valence-electron chi connectivity index (χ2n) is 3.06. The Kier molecular flexibility index (Phi) is 3.36. The summed E-state index contributed by atoms with van der Waals surface area (Å²) in [6, 6.07) is 4.08. The average molecular weight is 255 g/mol. The topological polar surface area (TPSA) is 73.1 Å². The third-order valence-corrected chi connectivity index (χ3v) is 2.18. The highest BCUT2D eigenvalue weighted by Crippen LogP contribution is 2.24. The molecule has 0 radical (unpaired) electrons. The fourth-order valence-corrected chi connectivity index (χ4v) is 1.25. The van der Waals surface area contributed by atoms with Gasteiger partial charge < -0.3 is 10.2 Å². The molecular formula is C10H8ClFN4O. The van der Waals surface area contributed by atoms with E-state index in [0.717, 1.165) is 6.07 Å². The standard InChI is InChI=1S/C10H8ClFN4O/c11-7-2-1-6(3-8(7)12)17-10-5-14-4-9(15-10)16-13/h1-5H,13H2,(H,15,16). The van der Waals surface area contributed by atoms with Gasteiger partial charge in [0, 0.05) is 6.07 Å². The lowest BCUT2D eigenvalue weighted by Crippen LogP contribution is -2.09. The van der Waals surface area contributed by atoms with E-state index >= 15 is 0 Å². The third kappa shape index (κ3) is 2.80. The van der Waals surface area contributed by atoms with E-state index < -0.39 is 5.82 Å². The first-order valence-electron chi connectivity index (χ1n) is 4.60. The molecule has 0 aliphatic rings. The number of halogens is 2. The smallest absolute Gasteiger partial charge is 0.239 e. The summed E-state index contributed by atoms with van der Waals surface area (Å²) in [6.07, 6.45) is 2.81. The average Bonchev–Trinajstić information content (AvgIpc) is 2.34. The van der Waals surface area contributed by atoms with Crippen molar-refractivity contribution in [2.45, 2.75) is 0 Å². The molecule has 0 aliphatic carbocycles. The van der Waals surface area contributed by atoms with Gasteiger partial charge in [0.25, 0.3) is 0 Å². The molecule has 1 heterocycles. The molecule has 0 aliphatic heterocycles. The largest absolute Gasteiger partial charge is 0.437 e. The van der Waals surface area contributed by atoms with Crippen LogP contribution in [0.4, 0.5) is 10.2 Å². The minimum Gasteiger partial charge on any atom is -0.437 e. The molecule has 0 saturated heterocycles. The molecule has 1 aromatic carbocycles. The summed E-state index contributed by atoms with van der Waals surface area (Å²) in [5.41, 5.74) is 2.32. The van der Waals surface area contributed by atoms with Crippen molar-refractivity contribution in [3.8, 4) is 11.6 Å². The maximum absolute atomic E-state index is 13.1. The van der Waals surface area contributed by atoms with E-state index in [1.165, 1.54) is 24.5 Å². The quantitative estimate of drug-likeness (QED) is 0.650. The molecule has 2 rings (SSSR count). The lowest BCUT2D eigenvalue weighted by Gasteiger charge is -2.06. The van der Waals surface area contributed by atoms with Crippen LogP contribution in [0.15, 0.2) is 30.6 Å². The Bertz CT molecular complexity index is 537. The Balaban J connectivity index is 2.22. The first kappa shape index (κ1) is 11.6. The molecule has 0 bridgehead atoms. The van der Waals surface area contributed by atoms with Crippen LogP contribution >= 0.6 is 11.6 Å². The first-order chi connectivity index (χ1) is 8.19. The van der Waals surface area contributed by atoms with Crippen LogP contribution in [0, 0.1) is 5.82 Å². The number of anilines is 1. The van der Waals surface area contributed by atoms with Crippen molar-refractivity contribution < 1.29 is 9.13 Å². The van der Waals surface area contributed by atoms with Gasteiger partial charge in [-0.05, 0) is 12.1 Å². The van der Waals surface area contributed by atoms with Crippen LogP contribution in [0.25, 0.3) is 0 Å². The molecule has 1 aromatic heterocycles. The van der Waals surface area contributed by atoms with Gasteiger partial charge in [0.15, 0.2) is 5.82 Å². The normalized spacial score (nSPS) is 10.1. The van der Waals surface area contributed by atoms with E-state index in [0.29, 0.717) is 5.82 Å². The zero-order chi connectivity index (χ0) is 12.3. The first-order valence-corrected chi connectivity index (χ1v) is 4.98. The highest BCUT2D eigenvalue weighted by Gasteiger charge is 2.04. The van der Waals surface area contributed by atoms with Crippen molar-refractivity contribution in [2.75, 3.05) is 5.43 Å². The Morgan fingerprint density at radius 2 is 2.18 bits per heavy atom. The molecule has 17 heavy (non-hydrogen) atoms. The predicted molar refractivity (Wildman–Crippen MR) is 61.3 cm³/mol. The molecule has 0 saturated carbocycles.